The molecular formula is C17H21FN4O2S. The maximum atomic E-state index is 13.7. The van der Waals surface area contributed by atoms with Gasteiger partial charge in [-0.3, -0.25) is 14.9 Å². The van der Waals surface area contributed by atoms with E-state index >= 15 is 0 Å². The number of nitrogens with zero attached hydrogens (tertiary/aromatic N) is 2. The van der Waals surface area contributed by atoms with E-state index in [1.165, 1.54) is 29.5 Å². The Morgan fingerprint density at radius 1 is 1.24 bits per heavy atom. The number of amides is 2. The van der Waals surface area contributed by atoms with Crippen molar-refractivity contribution in [2.75, 3.05) is 5.32 Å². The lowest BCUT2D eigenvalue weighted by Crippen LogP contribution is -2.47. The Morgan fingerprint density at radius 3 is 2.60 bits per heavy atom. The van der Waals surface area contributed by atoms with Crippen LogP contribution in [0, 0.1) is 11.7 Å². The van der Waals surface area contributed by atoms with E-state index in [9.17, 15) is 14.0 Å². The van der Waals surface area contributed by atoms with Gasteiger partial charge < -0.3 is 5.32 Å². The fourth-order valence-electron chi connectivity index (χ4n) is 2.20. The number of benzene rings is 1. The minimum absolute atomic E-state index is 0.0953. The minimum Gasteiger partial charge on any atom is -0.340 e. The third-order valence-electron chi connectivity index (χ3n) is 3.52. The highest BCUT2D eigenvalue weighted by Gasteiger charge is 2.26. The quantitative estimate of drug-likeness (QED) is 0.791. The zero-order chi connectivity index (χ0) is 18.4. The molecule has 2 aromatic rings. The number of rotatable bonds is 7. The number of anilines is 1. The molecule has 1 unspecified atom stereocenters. The topological polar surface area (TPSA) is 84.0 Å². The summed E-state index contributed by atoms with van der Waals surface area (Å²) in [5.41, 5.74) is -0.0953. The Hall–Kier alpha value is -2.35. The molecule has 0 aliphatic carbocycles. The first kappa shape index (κ1) is 19.0. The summed E-state index contributed by atoms with van der Waals surface area (Å²) in [5, 5.41) is 14.4. The molecule has 1 atom stereocenters. The van der Waals surface area contributed by atoms with Crippen molar-refractivity contribution in [3.05, 3.63) is 40.7 Å². The van der Waals surface area contributed by atoms with Gasteiger partial charge in [0.2, 0.25) is 11.0 Å². The molecule has 2 rings (SSSR count). The summed E-state index contributed by atoms with van der Waals surface area (Å²) in [6, 6.07) is 4.84. The lowest BCUT2D eigenvalue weighted by molar-refractivity contribution is -0.118. The molecule has 0 bridgehead atoms. The van der Waals surface area contributed by atoms with Crippen molar-refractivity contribution in [1.29, 1.82) is 0 Å². The van der Waals surface area contributed by atoms with Crippen LogP contribution in [-0.4, -0.2) is 28.1 Å². The van der Waals surface area contributed by atoms with Crippen LogP contribution in [0.5, 0.6) is 0 Å². The van der Waals surface area contributed by atoms with Gasteiger partial charge in [0, 0.05) is 6.42 Å². The Bertz CT molecular complexity index is 748. The first-order valence-corrected chi connectivity index (χ1v) is 8.92. The third-order valence-corrected chi connectivity index (χ3v) is 4.41. The van der Waals surface area contributed by atoms with E-state index in [0.717, 1.165) is 17.8 Å². The summed E-state index contributed by atoms with van der Waals surface area (Å²) < 4.78 is 13.7. The zero-order valence-electron chi connectivity index (χ0n) is 14.4. The Labute approximate surface area is 149 Å². The molecule has 1 aromatic heterocycles. The van der Waals surface area contributed by atoms with Gasteiger partial charge in [0.05, 0.1) is 5.56 Å². The van der Waals surface area contributed by atoms with Gasteiger partial charge in [0.1, 0.15) is 16.9 Å². The number of nitrogens with one attached hydrogen (secondary N) is 2. The molecule has 0 saturated heterocycles. The summed E-state index contributed by atoms with van der Waals surface area (Å²) in [5.74, 6) is -1.84. The van der Waals surface area contributed by atoms with Crippen molar-refractivity contribution < 1.29 is 14.0 Å². The fraction of sp³-hybridized carbons (Fsp3) is 0.412. The maximum Gasteiger partial charge on any atom is 0.254 e. The average molecular weight is 364 g/mol. The molecule has 1 heterocycles. The molecule has 0 saturated carbocycles. The number of hydrogen-bond donors (Lipinski definition) is 2. The van der Waals surface area contributed by atoms with Crippen molar-refractivity contribution >= 4 is 28.3 Å². The highest BCUT2D eigenvalue weighted by atomic mass is 32.1. The first-order chi connectivity index (χ1) is 11.9. The summed E-state index contributed by atoms with van der Waals surface area (Å²) >= 11 is 1.31. The standard InChI is InChI=1S/C17H21FN4O2S/c1-4-7-13-21-22-17(25-13)20-16(24)14(10(2)3)19-15(23)11-8-5-6-9-12(11)18/h5-6,8-10,14H,4,7H2,1-3H3,(H,19,23)(H,20,22,24). The molecule has 25 heavy (non-hydrogen) atoms. The molecule has 8 heteroatoms. The van der Waals surface area contributed by atoms with E-state index < -0.39 is 23.7 Å². The second-order valence-electron chi connectivity index (χ2n) is 5.92. The van der Waals surface area contributed by atoms with Crippen molar-refractivity contribution in [2.24, 2.45) is 5.92 Å². The molecule has 0 aliphatic heterocycles. The van der Waals surface area contributed by atoms with Gasteiger partial charge in [-0.25, -0.2) is 4.39 Å². The van der Waals surface area contributed by atoms with Gasteiger partial charge in [-0.1, -0.05) is 44.2 Å². The number of hydrogen-bond acceptors (Lipinski definition) is 5. The molecule has 0 spiro atoms. The lowest BCUT2D eigenvalue weighted by Gasteiger charge is -2.21. The largest absolute Gasteiger partial charge is 0.340 e. The molecule has 1 aromatic carbocycles. The van der Waals surface area contributed by atoms with Crippen LogP contribution < -0.4 is 10.6 Å². The summed E-state index contributed by atoms with van der Waals surface area (Å²) in [6.07, 6.45) is 1.74. The zero-order valence-corrected chi connectivity index (χ0v) is 15.2. The second kappa shape index (κ2) is 8.66. The maximum absolute atomic E-state index is 13.7. The SMILES string of the molecule is CCCc1nnc(NC(=O)C(NC(=O)c2ccccc2F)C(C)C)s1. The summed E-state index contributed by atoms with van der Waals surface area (Å²) in [7, 11) is 0. The number of aromatic nitrogens is 2. The molecule has 6 nitrogen and oxygen atoms in total. The minimum atomic E-state index is -0.814. The predicted molar refractivity (Wildman–Crippen MR) is 95.0 cm³/mol. The second-order valence-corrected chi connectivity index (χ2v) is 6.98. The number of carbonyl (C=O) groups is 2. The van der Waals surface area contributed by atoms with Gasteiger partial charge in [-0.15, -0.1) is 10.2 Å². The van der Waals surface area contributed by atoms with Crippen LogP contribution in [-0.2, 0) is 11.2 Å². The Kier molecular flexibility index (Phi) is 6.58. The van der Waals surface area contributed by atoms with Gasteiger partial charge >= 0.3 is 0 Å². The highest BCUT2D eigenvalue weighted by Crippen LogP contribution is 2.18. The van der Waals surface area contributed by atoms with Crippen molar-refractivity contribution in [2.45, 2.75) is 39.7 Å². The van der Waals surface area contributed by atoms with Crippen LogP contribution in [0.3, 0.4) is 0 Å². The molecule has 0 radical (unpaired) electrons. The lowest BCUT2D eigenvalue weighted by atomic mass is 10.0. The van der Waals surface area contributed by atoms with Crippen LogP contribution in [0.1, 0.15) is 42.6 Å². The van der Waals surface area contributed by atoms with Crippen LogP contribution in [0.4, 0.5) is 9.52 Å². The van der Waals surface area contributed by atoms with Crippen molar-refractivity contribution in [3.63, 3.8) is 0 Å². The molecule has 0 aliphatic rings. The molecule has 134 valence electrons. The number of carbonyl (C=O) groups excluding carboxylic acids is 2. The van der Waals surface area contributed by atoms with Gasteiger partial charge in [-0.2, -0.15) is 0 Å². The van der Waals surface area contributed by atoms with E-state index in [1.54, 1.807) is 19.9 Å². The third kappa shape index (κ3) is 5.06. The monoisotopic (exact) mass is 364 g/mol. The van der Waals surface area contributed by atoms with E-state index in [1.807, 2.05) is 6.92 Å². The van der Waals surface area contributed by atoms with Crippen molar-refractivity contribution in [3.8, 4) is 0 Å². The molecular weight excluding hydrogens is 343 g/mol. The van der Waals surface area contributed by atoms with E-state index in [2.05, 4.69) is 20.8 Å². The predicted octanol–water partition coefficient (Wildman–Crippen LogP) is 3.02. The van der Waals surface area contributed by atoms with E-state index in [0.29, 0.717) is 5.13 Å². The van der Waals surface area contributed by atoms with Crippen LogP contribution in [0.15, 0.2) is 24.3 Å². The average Bonchev–Trinajstić information content (AvgIpc) is 2.99. The van der Waals surface area contributed by atoms with Gasteiger partial charge in [0.25, 0.3) is 5.91 Å². The Morgan fingerprint density at radius 2 is 1.96 bits per heavy atom. The fourth-order valence-corrected chi connectivity index (χ4v) is 3.05. The smallest absolute Gasteiger partial charge is 0.254 e. The van der Waals surface area contributed by atoms with Crippen LogP contribution in [0.2, 0.25) is 0 Å². The normalized spacial score (nSPS) is 12.0. The summed E-state index contributed by atoms with van der Waals surface area (Å²) in [4.78, 5) is 24.8. The summed E-state index contributed by atoms with van der Waals surface area (Å²) in [6.45, 7) is 5.63. The van der Waals surface area contributed by atoms with Crippen LogP contribution in [0.25, 0.3) is 0 Å². The first-order valence-electron chi connectivity index (χ1n) is 8.11. The van der Waals surface area contributed by atoms with Gasteiger partial charge in [-0.05, 0) is 24.5 Å². The van der Waals surface area contributed by atoms with E-state index in [-0.39, 0.29) is 11.5 Å². The van der Waals surface area contributed by atoms with Crippen molar-refractivity contribution in [1.82, 2.24) is 15.5 Å². The Balaban J connectivity index is 2.07. The molecule has 0 fully saturated rings. The number of halogens is 1. The van der Waals surface area contributed by atoms with Gasteiger partial charge in [0.15, 0.2) is 0 Å². The highest BCUT2D eigenvalue weighted by molar-refractivity contribution is 7.15. The molecule has 2 amide bonds. The van der Waals surface area contributed by atoms with Crippen LogP contribution >= 0.6 is 11.3 Å². The van der Waals surface area contributed by atoms with E-state index in [4.69, 9.17) is 0 Å². The molecule has 2 N–H and O–H groups in total. The number of aryl methyl sites for hydroxylation is 1.